The van der Waals surface area contributed by atoms with Crippen molar-refractivity contribution in [1.29, 1.82) is 0 Å². The first-order valence-corrected chi connectivity index (χ1v) is 3.56. The molecular formula is C7H11NO5. The Bertz CT molecular complexity index is 233. The monoisotopic (exact) mass is 189 g/mol. The van der Waals surface area contributed by atoms with Gasteiger partial charge in [-0.25, -0.2) is 0 Å². The highest BCUT2D eigenvalue weighted by Gasteiger charge is 2.39. The molecule has 13 heavy (non-hydrogen) atoms. The Kier molecular flexibility index (Phi) is 3.41. The second-order valence-electron chi connectivity index (χ2n) is 2.90. The smallest absolute Gasteiger partial charge is 0.318 e. The van der Waals surface area contributed by atoms with Crippen LogP contribution in [0.15, 0.2) is 0 Å². The van der Waals surface area contributed by atoms with E-state index in [0.29, 0.717) is 0 Å². The van der Waals surface area contributed by atoms with Crippen LogP contribution in [0.25, 0.3) is 0 Å². The largest absolute Gasteiger partial charge is 0.481 e. The lowest BCUT2D eigenvalue weighted by atomic mass is 9.85. The molecule has 0 aliphatic heterocycles. The standard InChI is InChI=1S/C7H11NO5/c1-7(5(8)11,6(12)13)3-2-4(9)10/h2-3H2,1H3,(H2,8,11)(H,9,10)(H,12,13). The van der Waals surface area contributed by atoms with E-state index >= 15 is 0 Å². The number of carboxylic acid groups (broad SMARTS) is 2. The predicted molar refractivity (Wildman–Crippen MR) is 41.8 cm³/mol. The summed E-state index contributed by atoms with van der Waals surface area (Å²) in [6, 6.07) is 0. The summed E-state index contributed by atoms with van der Waals surface area (Å²) in [6.07, 6.45) is -0.696. The highest BCUT2D eigenvalue weighted by Crippen LogP contribution is 2.22. The Balaban J connectivity index is 4.52. The minimum atomic E-state index is -1.79. The molecule has 0 aromatic carbocycles. The number of carbonyl (C=O) groups excluding carboxylic acids is 1. The molecule has 6 nitrogen and oxygen atoms in total. The van der Waals surface area contributed by atoms with E-state index in [9.17, 15) is 14.4 Å². The van der Waals surface area contributed by atoms with Crippen LogP contribution in [0.4, 0.5) is 0 Å². The first kappa shape index (κ1) is 11.4. The fraction of sp³-hybridized carbons (Fsp3) is 0.571. The number of carboxylic acids is 2. The molecule has 6 heteroatoms. The molecular weight excluding hydrogens is 178 g/mol. The zero-order chi connectivity index (χ0) is 10.6. The Hall–Kier alpha value is -1.59. The van der Waals surface area contributed by atoms with Crippen molar-refractivity contribution in [1.82, 2.24) is 0 Å². The van der Waals surface area contributed by atoms with Crippen LogP contribution in [0.1, 0.15) is 19.8 Å². The lowest BCUT2D eigenvalue weighted by Crippen LogP contribution is -2.41. The first-order chi connectivity index (χ1) is 5.80. The zero-order valence-corrected chi connectivity index (χ0v) is 7.11. The number of nitrogens with two attached hydrogens (primary N) is 1. The zero-order valence-electron chi connectivity index (χ0n) is 7.11. The van der Waals surface area contributed by atoms with Gasteiger partial charge in [0.15, 0.2) is 0 Å². The van der Waals surface area contributed by atoms with Crippen LogP contribution in [-0.2, 0) is 14.4 Å². The molecule has 1 atom stereocenters. The highest BCUT2D eigenvalue weighted by molar-refractivity contribution is 6.00. The number of aliphatic carboxylic acids is 2. The molecule has 0 spiro atoms. The normalized spacial score (nSPS) is 14.5. The quantitative estimate of drug-likeness (QED) is 0.500. The van der Waals surface area contributed by atoms with E-state index in [0.717, 1.165) is 6.92 Å². The maximum Gasteiger partial charge on any atom is 0.318 e. The van der Waals surface area contributed by atoms with E-state index in [4.69, 9.17) is 15.9 Å². The molecule has 0 radical (unpaired) electrons. The highest BCUT2D eigenvalue weighted by atomic mass is 16.4. The Labute approximate surface area is 74.3 Å². The van der Waals surface area contributed by atoms with Gasteiger partial charge < -0.3 is 15.9 Å². The number of hydrogen-bond donors (Lipinski definition) is 3. The number of carbonyl (C=O) groups is 3. The summed E-state index contributed by atoms with van der Waals surface area (Å²) in [5, 5.41) is 16.9. The minimum absolute atomic E-state index is 0.299. The summed E-state index contributed by atoms with van der Waals surface area (Å²) in [4.78, 5) is 31.5. The average molecular weight is 189 g/mol. The van der Waals surface area contributed by atoms with Gasteiger partial charge in [0, 0.05) is 6.42 Å². The van der Waals surface area contributed by atoms with Gasteiger partial charge in [0.1, 0.15) is 5.41 Å². The lowest BCUT2D eigenvalue weighted by molar-refractivity contribution is -0.154. The van der Waals surface area contributed by atoms with Gasteiger partial charge in [-0.15, -0.1) is 0 Å². The summed E-state index contributed by atoms with van der Waals surface area (Å²) in [5.74, 6) is -3.59. The van der Waals surface area contributed by atoms with Crippen molar-refractivity contribution in [2.75, 3.05) is 0 Å². The van der Waals surface area contributed by atoms with E-state index in [1.54, 1.807) is 0 Å². The maximum absolute atomic E-state index is 10.7. The number of hydrogen-bond acceptors (Lipinski definition) is 3. The van der Waals surface area contributed by atoms with Gasteiger partial charge >= 0.3 is 11.9 Å². The van der Waals surface area contributed by atoms with Crippen molar-refractivity contribution < 1.29 is 24.6 Å². The maximum atomic E-state index is 10.7. The van der Waals surface area contributed by atoms with E-state index in [1.165, 1.54) is 0 Å². The van der Waals surface area contributed by atoms with Crippen LogP contribution in [0.3, 0.4) is 0 Å². The van der Waals surface area contributed by atoms with Gasteiger partial charge in [-0.1, -0.05) is 0 Å². The van der Waals surface area contributed by atoms with E-state index in [-0.39, 0.29) is 6.42 Å². The summed E-state index contributed by atoms with van der Waals surface area (Å²) >= 11 is 0. The van der Waals surface area contributed by atoms with Gasteiger partial charge in [0.25, 0.3) is 0 Å². The summed E-state index contributed by atoms with van der Waals surface area (Å²) in [5.41, 5.74) is 3.05. The fourth-order valence-corrected chi connectivity index (χ4v) is 0.692. The van der Waals surface area contributed by atoms with Crippen molar-refractivity contribution in [2.24, 2.45) is 11.1 Å². The minimum Gasteiger partial charge on any atom is -0.481 e. The molecule has 0 bridgehead atoms. The molecule has 1 unspecified atom stereocenters. The van der Waals surface area contributed by atoms with Gasteiger partial charge in [0.05, 0.1) is 0 Å². The third-order valence-corrected chi connectivity index (χ3v) is 1.85. The molecule has 4 N–H and O–H groups in total. The summed E-state index contributed by atoms with van der Waals surface area (Å²) < 4.78 is 0. The van der Waals surface area contributed by atoms with Crippen molar-refractivity contribution in [3.8, 4) is 0 Å². The Morgan fingerprint density at radius 2 is 1.77 bits per heavy atom. The summed E-state index contributed by atoms with van der Waals surface area (Å²) in [6.45, 7) is 1.11. The molecule has 0 aromatic rings. The Morgan fingerprint density at radius 1 is 1.31 bits per heavy atom. The molecule has 0 fully saturated rings. The van der Waals surface area contributed by atoms with Crippen molar-refractivity contribution in [3.63, 3.8) is 0 Å². The SMILES string of the molecule is CC(CCC(=O)O)(C(N)=O)C(=O)O. The van der Waals surface area contributed by atoms with E-state index in [2.05, 4.69) is 0 Å². The summed E-state index contributed by atoms with van der Waals surface area (Å²) in [7, 11) is 0. The van der Waals surface area contributed by atoms with Crippen LogP contribution in [0.2, 0.25) is 0 Å². The van der Waals surface area contributed by atoms with Crippen molar-refractivity contribution in [2.45, 2.75) is 19.8 Å². The van der Waals surface area contributed by atoms with Gasteiger partial charge in [0.2, 0.25) is 5.91 Å². The molecule has 0 aliphatic carbocycles. The van der Waals surface area contributed by atoms with Crippen molar-refractivity contribution in [3.05, 3.63) is 0 Å². The van der Waals surface area contributed by atoms with Crippen LogP contribution in [-0.4, -0.2) is 28.1 Å². The molecule has 74 valence electrons. The fourth-order valence-electron chi connectivity index (χ4n) is 0.692. The molecule has 0 aliphatic rings. The number of rotatable bonds is 5. The molecule has 0 saturated carbocycles. The number of amides is 1. The van der Waals surface area contributed by atoms with Gasteiger partial charge in [-0.2, -0.15) is 0 Å². The van der Waals surface area contributed by atoms with Crippen LogP contribution in [0, 0.1) is 5.41 Å². The molecule has 0 rings (SSSR count). The first-order valence-electron chi connectivity index (χ1n) is 3.56. The van der Waals surface area contributed by atoms with Gasteiger partial charge in [-0.3, -0.25) is 14.4 Å². The number of primary amides is 1. The van der Waals surface area contributed by atoms with Crippen LogP contribution >= 0.6 is 0 Å². The molecule has 0 saturated heterocycles. The van der Waals surface area contributed by atoms with Crippen LogP contribution in [0.5, 0.6) is 0 Å². The lowest BCUT2D eigenvalue weighted by Gasteiger charge is -2.19. The van der Waals surface area contributed by atoms with Crippen LogP contribution < -0.4 is 5.73 Å². The molecule has 0 aromatic heterocycles. The second kappa shape index (κ2) is 3.88. The molecule has 0 heterocycles. The third-order valence-electron chi connectivity index (χ3n) is 1.85. The topological polar surface area (TPSA) is 118 Å². The molecule has 1 amide bonds. The van der Waals surface area contributed by atoms with Gasteiger partial charge in [-0.05, 0) is 13.3 Å². The van der Waals surface area contributed by atoms with Crippen molar-refractivity contribution >= 4 is 17.8 Å². The van der Waals surface area contributed by atoms with E-state index in [1.807, 2.05) is 0 Å². The Morgan fingerprint density at radius 3 is 2.00 bits per heavy atom. The average Bonchev–Trinajstić information content (AvgIpc) is 1.99. The second-order valence-corrected chi connectivity index (χ2v) is 2.90. The third kappa shape index (κ3) is 2.73. The van der Waals surface area contributed by atoms with E-state index < -0.39 is 29.7 Å². The predicted octanol–water partition coefficient (Wildman–Crippen LogP) is -0.573.